The Morgan fingerprint density at radius 2 is 1.88 bits per heavy atom. The second-order valence-electron chi connectivity index (χ2n) is 5.36. The fourth-order valence-corrected chi connectivity index (χ4v) is 1.75. The maximum absolute atomic E-state index is 8.88. The smallest absolute Gasteiger partial charge is 0.399 e. The average Bonchev–Trinajstić information content (AvgIpc) is 2.48. The molecule has 0 amide bonds. The zero-order chi connectivity index (χ0) is 12.7. The molecule has 1 N–H and O–H groups in total. The van der Waals surface area contributed by atoms with Crippen molar-refractivity contribution in [2.75, 3.05) is 0 Å². The molecule has 1 saturated heterocycles. The number of rotatable bonds is 1. The third-order valence-corrected chi connectivity index (χ3v) is 3.58. The zero-order valence-electron chi connectivity index (χ0n) is 10.7. The molecule has 0 aliphatic carbocycles. The van der Waals surface area contributed by atoms with E-state index in [0.29, 0.717) is 0 Å². The molecule has 0 bridgehead atoms. The predicted octanol–water partition coefficient (Wildman–Crippen LogP) is 1.55. The molecule has 2 heterocycles. The Bertz CT molecular complexity index is 405. The minimum Gasteiger partial charge on any atom is -0.399 e. The van der Waals surface area contributed by atoms with Crippen LogP contribution in [0, 0.1) is 11.3 Å². The second kappa shape index (κ2) is 3.90. The summed E-state index contributed by atoms with van der Waals surface area (Å²) in [4.78, 5) is 0. The lowest BCUT2D eigenvalue weighted by molar-refractivity contribution is 0.00578. The number of allylic oxidation sites excluding steroid dienone is 2. The molecule has 0 aromatic rings. The van der Waals surface area contributed by atoms with Crippen molar-refractivity contribution >= 4 is 7.12 Å². The molecule has 2 aliphatic rings. The highest BCUT2D eigenvalue weighted by Gasteiger charge is 2.52. The van der Waals surface area contributed by atoms with Crippen molar-refractivity contribution in [3.8, 4) is 6.07 Å². The first-order valence-electron chi connectivity index (χ1n) is 5.75. The van der Waals surface area contributed by atoms with E-state index in [0.717, 1.165) is 5.47 Å². The van der Waals surface area contributed by atoms with Crippen LogP contribution in [0.1, 0.15) is 27.7 Å². The average molecular weight is 232 g/mol. The molecular formula is C12H17BN2O2. The van der Waals surface area contributed by atoms with Crippen LogP contribution in [0.4, 0.5) is 0 Å². The van der Waals surface area contributed by atoms with Crippen LogP contribution < -0.4 is 5.32 Å². The molecule has 0 radical (unpaired) electrons. The van der Waals surface area contributed by atoms with Gasteiger partial charge in [0.05, 0.1) is 17.3 Å². The molecule has 4 nitrogen and oxygen atoms in total. The third-order valence-electron chi connectivity index (χ3n) is 3.58. The third kappa shape index (κ3) is 2.11. The summed E-state index contributed by atoms with van der Waals surface area (Å²) in [5.41, 5.74) is 0.201. The van der Waals surface area contributed by atoms with E-state index in [4.69, 9.17) is 14.6 Å². The van der Waals surface area contributed by atoms with Crippen molar-refractivity contribution in [3.05, 3.63) is 23.8 Å². The Hall–Kier alpha value is -1.25. The van der Waals surface area contributed by atoms with Crippen molar-refractivity contribution in [1.29, 1.82) is 5.26 Å². The summed E-state index contributed by atoms with van der Waals surface area (Å²) < 4.78 is 11.8. The van der Waals surface area contributed by atoms with Gasteiger partial charge in [-0.1, -0.05) is 0 Å². The Labute approximate surface area is 102 Å². The van der Waals surface area contributed by atoms with E-state index >= 15 is 0 Å². The lowest BCUT2D eigenvalue weighted by atomic mass is 9.76. The summed E-state index contributed by atoms with van der Waals surface area (Å²) in [5, 5.41) is 11.8. The second-order valence-corrected chi connectivity index (χ2v) is 5.36. The van der Waals surface area contributed by atoms with Gasteiger partial charge in [0.15, 0.2) is 0 Å². The van der Waals surface area contributed by atoms with Crippen LogP contribution >= 0.6 is 0 Å². The van der Waals surface area contributed by atoms with Gasteiger partial charge in [0.25, 0.3) is 0 Å². The summed E-state index contributed by atoms with van der Waals surface area (Å²) >= 11 is 0. The van der Waals surface area contributed by atoms with Gasteiger partial charge >= 0.3 is 7.12 Å². The Morgan fingerprint density at radius 1 is 1.29 bits per heavy atom. The van der Waals surface area contributed by atoms with Gasteiger partial charge in [0, 0.05) is 0 Å². The molecule has 17 heavy (non-hydrogen) atoms. The fraction of sp³-hybridized carbons (Fsp3) is 0.583. The summed E-state index contributed by atoms with van der Waals surface area (Å²) in [6.45, 7) is 8.06. The van der Waals surface area contributed by atoms with Gasteiger partial charge in [-0.2, -0.15) is 5.26 Å². The molecule has 2 aliphatic heterocycles. The highest BCUT2D eigenvalue weighted by molar-refractivity contribution is 6.55. The summed E-state index contributed by atoms with van der Waals surface area (Å²) in [6, 6.07) is 1.84. The SMILES string of the molecule is CC1(C)OB(C2=CC(C#N)NC=C2)OC1(C)C. The molecule has 0 spiro atoms. The van der Waals surface area contributed by atoms with E-state index < -0.39 is 7.12 Å². The van der Waals surface area contributed by atoms with Crippen molar-refractivity contribution in [3.63, 3.8) is 0 Å². The highest BCUT2D eigenvalue weighted by atomic mass is 16.7. The van der Waals surface area contributed by atoms with Crippen LogP contribution in [0.3, 0.4) is 0 Å². The van der Waals surface area contributed by atoms with Crippen molar-refractivity contribution in [1.82, 2.24) is 5.32 Å². The number of nitrogens with one attached hydrogen (secondary N) is 1. The van der Waals surface area contributed by atoms with Gasteiger partial charge in [0.1, 0.15) is 6.04 Å². The molecular weight excluding hydrogens is 215 g/mol. The van der Waals surface area contributed by atoms with Crippen LogP contribution in [0.15, 0.2) is 23.8 Å². The van der Waals surface area contributed by atoms with E-state index in [1.165, 1.54) is 0 Å². The fourth-order valence-electron chi connectivity index (χ4n) is 1.75. The number of hydrogen-bond donors (Lipinski definition) is 1. The Morgan fingerprint density at radius 3 is 2.41 bits per heavy atom. The molecule has 0 aromatic heterocycles. The molecule has 0 saturated carbocycles. The first-order chi connectivity index (χ1) is 7.86. The molecule has 0 aromatic carbocycles. The monoisotopic (exact) mass is 232 g/mol. The molecule has 1 atom stereocenters. The molecule has 90 valence electrons. The Kier molecular flexibility index (Phi) is 2.80. The van der Waals surface area contributed by atoms with E-state index in [2.05, 4.69) is 11.4 Å². The van der Waals surface area contributed by atoms with E-state index in [1.807, 2.05) is 39.8 Å². The van der Waals surface area contributed by atoms with Crippen molar-refractivity contribution < 1.29 is 9.31 Å². The van der Waals surface area contributed by atoms with Gasteiger partial charge in [-0.15, -0.1) is 0 Å². The first kappa shape index (κ1) is 12.2. The van der Waals surface area contributed by atoms with Crippen LogP contribution in [-0.2, 0) is 9.31 Å². The lowest BCUT2D eigenvalue weighted by Crippen LogP contribution is -2.41. The predicted molar refractivity (Wildman–Crippen MR) is 65.8 cm³/mol. The van der Waals surface area contributed by atoms with E-state index in [-0.39, 0.29) is 17.2 Å². The van der Waals surface area contributed by atoms with Gasteiger partial charge < -0.3 is 14.6 Å². The van der Waals surface area contributed by atoms with E-state index in [9.17, 15) is 0 Å². The van der Waals surface area contributed by atoms with Gasteiger partial charge in [-0.3, -0.25) is 0 Å². The van der Waals surface area contributed by atoms with Crippen LogP contribution in [-0.4, -0.2) is 24.4 Å². The molecule has 1 fully saturated rings. The first-order valence-corrected chi connectivity index (χ1v) is 5.75. The minimum atomic E-state index is -0.394. The number of hydrogen-bond acceptors (Lipinski definition) is 4. The molecule has 5 heteroatoms. The summed E-state index contributed by atoms with van der Waals surface area (Å²) in [5.74, 6) is 0. The van der Waals surface area contributed by atoms with Crippen LogP contribution in [0.5, 0.6) is 0 Å². The number of nitrogens with zero attached hydrogens (tertiary/aromatic N) is 1. The standard InChI is InChI=1S/C12H17BN2O2/c1-11(2)12(3,4)17-13(16-11)9-5-6-15-10(7-9)8-14/h5-7,10,15H,1-4H3. The van der Waals surface area contributed by atoms with Gasteiger partial charge in [0.2, 0.25) is 0 Å². The largest absolute Gasteiger partial charge is 0.494 e. The van der Waals surface area contributed by atoms with Crippen molar-refractivity contribution in [2.24, 2.45) is 0 Å². The van der Waals surface area contributed by atoms with Crippen LogP contribution in [0.25, 0.3) is 0 Å². The van der Waals surface area contributed by atoms with Crippen LogP contribution in [0.2, 0.25) is 0 Å². The normalized spacial score (nSPS) is 29.5. The van der Waals surface area contributed by atoms with Crippen molar-refractivity contribution in [2.45, 2.75) is 44.9 Å². The Balaban J connectivity index is 2.19. The zero-order valence-corrected chi connectivity index (χ0v) is 10.7. The number of dihydropyridines is 1. The highest BCUT2D eigenvalue weighted by Crippen LogP contribution is 2.38. The maximum atomic E-state index is 8.88. The van der Waals surface area contributed by atoms with Gasteiger partial charge in [-0.25, -0.2) is 0 Å². The molecule has 1 unspecified atom stereocenters. The quantitative estimate of drug-likeness (QED) is 0.697. The summed E-state index contributed by atoms with van der Waals surface area (Å²) in [7, 11) is -0.394. The summed E-state index contributed by atoms with van der Waals surface area (Å²) in [6.07, 6.45) is 5.48. The molecule has 2 rings (SSSR count). The minimum absolute atomic E-state index is 0.311. The van der Waals surface area contributed by atoms with E-state index in [1.54, 1.807) is 6.20 Å². The topological polar surface area (TPSA) is 54.3 Å². The lowest BCUT2D eigenvalue weighted by Gasteiger charge is -2.32. The number of nitriles is 1. The maximum Gasteiger partial charge on any atom is 0.494 e. The van der Waals surface area contributed by atoms with Gasteiger partial charge in [-0.05, 0) is 51.5 Å².